The van der Waals surface area contributed by atoms with Gasteiger partial charge in [-0.15, -0.1) is 0 Å². The zero-order chi connectivity index (χ0) is 23.8. The van der Waals surface area contributed by atoms with Crippen molar-refractivity contribution in [3.05, 3.63) is 94.2 Å². The maximum atomic E-state index is 13.8. The molecule has 3 aromatic carbocycles. The van der Waals surface area contributed by atoms with Crippen molar-refractivity contribution in [2.24, 2.45) is 0 Å². The van der Waals surface area contributed by atoms with Crippen LogP contribution in [0.3, 0.4) is 0 Å². The molecule has 3 rings (SSSR count). The van der Waals surface area contributed by atoms with E-state index in [4.69, 9.17) is 23.2 Å². The zero-order valence-corrected chi connectivity index (χ0v) is 20.5. The van der Waals surface area contributed by atoms with Crippen molar-refractivity contribution in [2.45, 2.75) is 10.6 Å². The monoisotopic (exact) mass is 526 g/mol. The summed E-state index contributed by atoms with van der Waals surface area (Å²) in [5, 5.41) is 3.52. The van der Waals surface area contributed by atoms with Crippen LogP contribution in [0.1, 0.15) is 5.56 Å². The molecule has 1 amide bonds. The number of sulfonamides is 1. The summed E-state index contributed by atoms with van der Waals surface area (Å²) in [5.74, 6) is 0.0291. The second-order valence-electron chi connectivity index (χ2n) is 6.90. The van der Waals surface area contributed by atoms with E-state index in [1.54, 1.807) is 54.6 Å². The number of nitrogens with one attached hydrogen (secondary N) is 1. The van der Waals surface area contributed by atoms with Crippen molar-refractivity contribution in [1.29, 1.82) is 0 Å². The minimum Gasteiger partial charge on any atom is -0.354 e. The fraction of sp³-hybridized carbons (Fsp3) is 0.174. The highest BCUT2D eigenvalue weighted by molar-refractivity contribution is 7.98. The van der Waals surface area contributed by atoms with Gasteiger partial charge in [0.2, 0.25) is 5.91 Å². The third-order valence-corrected chi connectivity index (χ3v) is 7.99. The van der Waals surface area contributed by atoms with Gasteiger partial charge in [0.25, 0.3) is 10.0 Å². The van der Waals surface area contributed by atoms with Crippen LogP contribution in [0.15, 0.2) is 77.7 Å². The molecule has 0 saturated heterocycles. The molecule has 0 spiro atoms. The Morgan fingerprint density at radius 1 is 0.970 bits per heavy atom. The standard InChI is InChI=1S/C23H21Cl2FN2O3S2/c24-17-9-11-18(12-10-17)28(33(30,31)19-5-2-1-3-6-19)15-23(29)27-13-14-32-16-20-21(25)7-4-8-22(20)26/h1-12H,13-16H2,(H,27,29). The highest BCUT2D eigenvalue weighted by Gasteiger charge is 2.27. The molecule has 0 bridgehead atoms. The summed E-state index contributed by atoms with van der Waals surface area (Å²) in [4.78, 5) is 12.7. The van der Waals surface area contributed by atoms with Gasteiger partial charge in [0.1, 0.15) is 12.4 Å². The van der Waals surface area contributed by atoms with Crippen LogP contribution in [0.4, 0.5) is 10.1 Å². The van der Waals surface area contributed by atoms with Crippen molar-refractivity contribution < 1.29 is 17.6 Å². The number of carbonyl (C=O) groups excluding carboxylic acids is 1. The number of hydrogen-bond donors (Lipinski definition) is 1. The van der Waals surface area contributed by atoms with Gasteiger partial charge in [0, 0.05) is 33.7 Å². The fourth-order valence-electron chi connectivity index (χ4n) is 2.94. The average molecular weight is 527 g/mol. The Labute approximate surface area is 206 Å². The number of anilines is 1. The first kappa shape index (κ1) is 25.4. The van der Waals surface area contributed by atoms with E-state index in [0.717, 1.165) is 4.31 Å². The van der Waals surface area contributed by atoms with Crippen LogP contribution < -0.4 is 9.62 Å². The SMILES string of the molecule is O=C(CN(c1ccc(Cl)cc1)S(=O)(=O)c1ccccc1)NCCSCc1c(F)cccc1Cl. The largest absolute Gasteiger partial charge is 0.354 e. The van der Waals surface area contributed by atoms with E-state index in [9.17, 15) is 17.6 Å². The fourth-order valence-corrected chi connectivity index (χ4v) is 5.70. The van der Waals surface area contributed by atoms with E-state index in [1.165, 1.54) is 30.0 Å². The zero-order valence-electron chi connectivity index (χ0n) is 17.4. The van der Waals surface area contributed by atoms with E-state index in [-0.39, 0.29) is 17.3 Å². The molecule has 0 unspecified atom stereocenters. The third-order valence-electron chi connectivity index (χ3n) is 4.61. The number of nitrogens with zero attached hydrogens (tertiary/aromatic N) is 1. The lowest BCUT2D eigenvalue weighted by molar-refractivity contribution is -0.119. The molecule has 3 aromatic rings. The molecule has 0 aliphatic rings. The van der Waals surface area contributed by atoms with Gasteiger partial charge < -0.3 is 5.32 Å². The van der Waals surface area contributed by atoms with Gasteiger partial charge in [-0.2, -0.15) is 11.8 Å². The Morgan fingerprint density at radius 3 is 2.33 bits per heavy atom. The molecule has 0 radical (unpaired) electrons. The minimum absolute atomic E-state index is 0.0741. The summed E-state index contributed by atoms with van der Waals surface area (Å²) in [7, 11) is -3.97. The Kier molecular flexibility index (Phi) is 9.02. The van der Waals surface area contributed by atoms with E-state index < -0.39 is 22.5 Å². The lowest BCUT2D eigenvalue weighted by Crippen LogP contribution is -2.41. The van der Waals surface area contributed by atoms with Crippen molar-refractivity contribution in [2.75, 3.05) is 23.1 Å². The van der Waals surface area contributed by atoms with E-state index in [1.807, 2.05) is 0 Å². The summed E-state index contributed by atoms with van der Waals surface area (Å²) in [5.41, 5.74) is 0.736. The Hall–Kier alpha value is -2.26. The number of carbonyl (C=O) groups is 1. The van der Waals surface area contributed by atoms with Gasteiger partial charge in [0.15, 0.2) is 0 Å². The predicted octanol–water partition coefficient (Wildman–Crippen LogP) is 5.38. The van der Waals surface area contributed by atoms with E-state index in [2.05, 4.69) is 5.32 Å². The molecule has 5 nitrogen and oxygen atoms in total. The summed E-state index contributed by atoms with van der Waals surface area (Å²) >= 11 is 13.4. The van der Waals surface area contributed by atoms with Gasteiger partial charge in [-0.05, 0) is 48.5 Å². The molecule has 10 heteroatoms. The maximum absolute atomic E-state index is 13.8. The van der Waals surface area contributed by atoms with Crippen LogP contribution in [0.5, 0.6) is 0 Å². The van der Waals surface area contributed by atoms with E-state index in [0.29, 0.717) is 32.8 Å². The van der Waals surface area contributed by atoms with Gasteiger partial charge in [0.05, 0.1) is 10.6 Å². The maximum Gasteiger partial charge on any atom is 0.264 e. The molecule has 0 saturated carbocycles. The quantitative estimate of drug-likeness (QED) is 0.360. The van der Waals surface area contributed by atoms with Crippen LogP contribution in [0.2, 0.25) is 10.0 Å². The lowest BCUT2D eigenvalue weighted by Gasteiger charge is -2.24. The first-order chi connectivity index (χ1) is 15.8. The molecule has 1 N–H and O–H groups in total. The first-order valence-corrected chi connectivity index (χ1v) is 13.2. The highest BCUT2D eigenvalue weighted by atomic mass is 35.5. The number of benzene rings is 3. The molecule has 0 atom stereocenters. The molecule has 174 valence electrons. The van der Waals surface area contributed by atoms with Crippen LogP contribution >= 0.6 is 35.0 Å². The van der Waals surface area contributed by atoms with Gasteiger partial charge in [-0.3, -0.25) is 9.10 Å². The highest BCUT2D eigenvalue weighted by Crippen LogP contribution is 2.25. The van der Waals surface area contributed by atoms with E-state index >= 15 is 0 Å². The lowest BCUT2D eigenvalue weighted by atomic mass is 10.2. The van der Waals surface area contributed by atoms with Crippen molar-refractivity contribution in [1.82, 2.24) is 5.32 Å². The average Bonchev–Trinajstić information content (AvgIpc) is 2.80. The van der Waals surface area contributed by atoms with Crippen LogP contribution in [-0.4, -0.2) is 33.2 Å². The van der Waals surface area contributed by atoms with Crippen LogP contribution in [0, 0.1) is 5.82 Å². The number of thioether (sulfide) groups is 1. The Bertz CT molecular complexity index is 1170. The van der Waals surface area contributed by atoms with Crippen molar-refractivity contribution in [3.8, 4) is 0 Å². The summed E-state index contributed by atoms with van der Waals surface area (Å²) in [6, 6.07) is 18.6. The molecule has 0 aliphatic heterocycles. The normalized spacial score (nSPS) is 11.2. The summed E-state index contributed by atoms with van der Waals surface area (Å²) in [6.07, 6.45) is 0. The third kappa shape index (κ3) is 6.86. The molecule has 0 heterocycles. The molecule has 33 heavy (non-hydrogen) atoms. The van der Waals surface area contributed by atoms with Crippen LogP contribution in [-0.2, 0) is 20.6 Å². The first-order valence-electron chi connectivity index (χ1n) is 9.90. The second kappa shape index (κ2) is 11.7. The molecular formula is C23H21Cl2FN2O3S2. The predicted molar refractivity (Wildman–Crippen MR) is 133 cm³/mol. The number of amides is 1. The van der Waals surface area contributed by atoms with Crippen LogP contribution in [0.25, 0.3) is 0 Å². The Balaban J connectivity index is 1.62. The summed E-state index contributed by atoms with van der Waals surface area (Å²) < 4.78 is 41.3. The number of hydrogen-bond acceptors (Lipinski definition) is 4. The Morgan fingerprint density at radius 2 is 1.67 bits per heavy atom. The molecular weight excluding hydrogens is 506 g/mol. The second-order valence-corrected chi connectivity index (χ2v) is 10.7. The molecule has 0 aliphatic carbocycles. The van der Waals surface area contributed by atoms with Crippen molar-refractivity contribution >= 4 is 56.6 Å². The van der Waals surface area contributed by atoms with Gasteiger partial charge in [-0.25, -0.2) is 12.8 Å². The number of rotatable bonds is 10. The molecule has 0 fully saturated rings. The topological polar surface area (TPSA) is 66.5 Å². The van der Waals surface area contributed by atoms with Gasteiger partial charge in [-0.1, -0.05) is 47.5 Å². The smallest absolute Gasteiger partial charge is 0.264 e. The molecule has 0 aromatic heterocycles. The number of halogens is 3. The minimum atomic E-state index is -3.97. The van der Waals surface area contributed by atoms with Gasteiger partial charge >= 0.3 is 0 Å². The summed E-state index contributed by atoms with van der Waals surface area (Å²) in [6.45, 7) is -0.113. The van der Waals surface area contributed by atoms with Crippen molar-refractivity contribution in [3.63, 3.8) is 0 Å².